The van der Waals surface area contributed by atoms with Crippen LogP contribution in [0.3, 0.4) is 0 Å². The van der Waals surface area contributed by atoms with Crippen LogP contribution in [0.2, 0.25) is 0 Å². The van der Waals surface area contributed by atoms with Gasteiger partial charge in [-0.2, -0.15) is 0 Å². The summed E-state index contributed by atoms with van der Waals surface area (Å²) in [6.45, 7) is 7.32. The van der Waals surface area contributed by atoms with E-state index in [2.05, 4.69) is 31.3 Å². The fourth-order valence-corrected chi connectivity index (χ4v) is 2.37. The standard InChI is InChI=1S/C20H25NO2/c1-15(2)17-9-6-10-19(13-17)23-12-11-21-20(22)14-18-8-5-4-7-16(18)3/h4-10,13,15H,11-12,14H2,1-3H3,(H,21,22). The van der Waals surface area contributed by atoms with E-state index in [1.807, 2.05) is 43.3 Å². The lowest BCUT2D eigenvalue weighted by atomic mass is 10.0. The second-order valence-corrected chi connectivity index (χ2v) is 6.03. The molecular formula is C20H25NO2. The highest BCUT2D eigenvalue weighted by molar-refractivity contribution is 5.78. The molecule has 1 amide bonds. The Bertz CT molecular complexity index is 650. The van der Waals surface area contributed by atoms with Crippen LogP contribution in [0, 0.1) is 6.92 Å². The molecule has 23 heavy (non-hydrogen) atoms. The molecule has 0 aromatic heterocycles. The third-order valence-electron chi connectivity index (χ3n) is 3.83. The third kappa shape index (κ3) is 5.44. The predicted molar refractivity (Wildman–Crippen MR) is 93.9 cm³/mol. The Hall–Kier alpha value is -2.29. The first-order valence-electron chi connectivity index (χ1n) is 8.10. The zero-order chi connectivity index (χ0) is 16.7. The van der Waals surface area contributed by atoms with Gasteiger partial charge in [0.25, 0.3) is 0 Å². The lowest BCUT2D eigenvalue weighted by molar-refractivity contribution is -0.120. The number of aryl methyl sites for hydroxylation is 1. The van der Waals surface area contributed by atoms with Gasteiger partial charge in [0.1, 0.15) is 12.4 Å². The topological polar surface area (TPSA) is 38.3 Å². The fourth-order valence-electron chi connectivity index (χ4n) is 2.37. The first-order valence-corrected chi connectivity index (χ1v) is 8.10. The highest BCUT2D eigenvalue weighted by Crippen LogP contribution is 2.19. The summed E-state index contributed by atoms with van der Waals surface area (Å²) in [4.78, 5) is 12.0. The average molecular weight is 311 g/mol. The zero-order valence-electron chi connectivity index (χ0n) is 14.1. The lowest BCUT2D eigenvalue weighted by Gasteiger charge is -2.11. The van der Waals surface area contributed by atoms with Crippen LogP contribution in [0.1, 0.15) is 36.5 Å². The van der Waals surface area contributed by atoms with Crippen LogP contribution in [0.4, 0.5) is 0 Å². The summed E-state index contributed by atoms with van der Waals surface area (Å²) in [6.07, 6.45) is 0.412. The Morgan fingerprint density at radius 1 is 1.13 bits per heavy atom. The van der Waals surface area contributed by atoms with Gasteiger partial charge in [-0.15, -0.1) is 0 Å². The highest BCUT2D eigenvalue weighted by atomic mass is 16.5. The SMILES string of the molecule is Cc1ccccc1CC(=O)NCCOc1cccc(C(C)C)c1. The first-order chi connectivity index (χ1) is 11.1. The minimum absolute atomic E-state index is 0.0267. The molecule has 0 bridgehead atoms. The molecule has 0 unspecified atom stereocenters. The van der Waals surface area contributed by atoms with Crippen molar-refractivity contribution in [3.05, 3.63) is 65.2 Å². The van der Waals surface area contributed by atoms with Crippen molar-refractivity contribution >= 4 is 5.91 Å². The maximum atomic E-state index is 12.0. The van der Waals surface area contributed by atoms with Crippen LogP contribution in [-0.2, 0) is 11.2 Å². The van der Waals surface area contributed by atoms with Crippen LogP contribution in [-0.4, -0.2) is 19.1 Å². The minimum atomic E-state index is 0.0267. The van der Waals surface area contributed by atoms with E-state index in [0.717, 1.165) is 16.9 Å². The molecule has 0 saturated carbocycles. The maximum absolute atomic E-state index is 12.0. The van der Waals surface area contributed by atoms with E-state index < -0.39 is 0 Å². The number of nitrogens with one attached hydrogen (secondary N) is 1. The molecule has 0 spiro atoms. The van der Waals surface area contributed by atoms with Gasteiger partial charge in [-0.05, 0) is 41.7 Å². The number of hydrogen-bond acceptors (Lipinski definition) is 2. The molecule has 2 rings (SSSR count). The summed E-state index contributed by atoms with van der Waals surface area (Å²) >= 11 is 0. The third-order valence-corrected chi connectivity index (χ3v) is 3.83. The van der Waals surface area contributed by atoms with E-state index in [9.17, 15) is 4.79 Å². The van der Waals surface area contributed by atoms with Crippen LogP contribution in [0.25, 0.3) is 0 Å². The summed E-state index contributed by atoms with van der Waals surface area (Å²) in [5.74, 6) is 1.36. The Labute approximate surface area is 138 Å². The van der Waals surface area contributed by atoms with Crippen molar-refractivity contribution in [1.82, 2.24) is 5.32 Å². The number of hydrogen-bond donors (Lipinski definition) is 1. The monoisotopic (exact) mass is 311 g/mol. The Morgan fingerprint density at radius 2 is 1.91 bits per heavy atom. The zero-order valence-corrected chi connectivity index (χ0v) is 14.1. The van der Waals surface area contributed by atoms with E-state index in [4.69, 9.17) is 4.74 Å². The van der Waals surface area contributed by atoms with Gasteiger partial charge in [0, 0.05) is 0 Å². The fraction of sp³-hybridized carbons (Fsp3) is 0.350. The molecule has 0 saturated heterocycles. The lowest BCUT2D eigenvalue weighted by Crippen LogP contribution is -2.29. The van der Waals surface area contributed by atoms with Crippen molar-refractivity contribution in [3.8, 4) is 5.75 Å². The average Bonchev–Trinajstić information content (AvgIpc) is 2.54. The molecular weight excluding hydrogens is 286 g/mol. The normalized spacial score (nSPS) is 10.6. The Balaban J connectivity index is 1.74. The second-order valence-electron chi connectivity index (χ2n) is 6.03. The van der Waals surface area contributed by atoms with Gasteiger partial charge in [-0.25, -0.2) is 0 Å². The molecule has 0 fully saturated rings. The molecule has 0 radical (unpaired) electrons. The van der Waals surface area contributed by atoms with Gasteiger partial charge >= 0.3 is 0 Å². The van der Waals surface area contributed by atoms with E-state index in [1.54, 1.807) is 0 Å². The number of rotatable bonds is 7. The summed E-state index contributed by atoms with van der Waals surface area (Å²) in [5, 5.41) is 2.90. The molecule has 0 heterocycles. The van der Waals surface area contributed by atoms with E-state index in [1.165, 1.54) is 5.56 Å². The quantitative estimate of drug-likeness (QED) is 0.789. The highest BCUT2D eigenvalue weighted by Gasteiger charge is 2.05. The summed E-state index contributed by atoms with van der Waals surface area (Å²) < 4.78 is 5.71. The van der Waals surface area contributed by atoms with Crippen LogP contribution in [0.15, 0.2) is 48.5 Å². The Morgan fingerprint density at radius 3 is 2.65 bits per heavy atom. The smallest absolute Gasteiger partial charge is 0.224 e. The van der Waals surface area contributed by atoms with Crippen molar-refractivity contribution < 1.29 is 9.53 Å². The van der Waals surface area contributed by atoms with Gasteiger partial charge in [0.05, 0.1) is 13.0 Å². The van der Waals surface area contributed by atoms with Crippen molar-refractivity contribution in [2.45, 2.75) is 33.1 Å². The van der Waals surface area contributed by atoms with Gasteiger partial charge in [0.2, 0.25) is 5.91 Å². The molecule has 0 aliphatic carbocycles. The number of benzene rings is 2. The Kier molecular flexibility index (Phi) is 6.21. The minimum Gasteiger partial charge on any atom is -0.492 e. The molecule has 2 aromatic rings. The summed E-state index contributed by atoms with van der Waals surface area (Å²) in [7, 11) is 0. The van der Waals surface area contributed by atoms with Gasteiger partial charge < -0.3 is 10.1 Å². The van der Waals surface area contributed by atoms with Gasteiger partial charge in [0.15, 0.2) is 0 Å². The number of carbonyl (C=O) groups is 1. The molecule has 1 N–H and O–H groups in total. The van der Waals surface area contributed by atoms with Gasteiger partial charge in [-0.3, -0.25) is 4.79 Å². The molecule has 0 aliphatic heterocycles. The number of ether oxygens (including phenoxy) is 1. The van der Waals surface area contributed by atoms with Crippen molar-refractivity contribution in [2.75, 3.05) is 13.2 Å². The maximum Gasteiger partial charge on any atom is 0.224 e. The molecule has 0 atom stereocenters. The molecule has 3 nitrogen and oxygen atoms in total. The van der Waals surface area contributed by atoms with E-state index in [-0.39, 0.29) is 5.91 Å². The predicted octanol–water partition coefficient (Wildman–Crippen LogP) is 3.86. The molecule has 0 aliphatic rings. The van der Waals surface area contributed by atoms with Crippen molar-refractivity contribution in [2.24, 2.45) is 0 Å². The van der Waals surface area contributed by atoms with Crippen molar-refractivity contribution in [1.29, 1.82) is 0 Å². The first kappa shape index (κ1) is 17.1. The molecule has 122 valence electrons. The van der Waals surface area contributed by atoms with Crippen LogP contribution >= 0.6 is 0 Å². The summed E-state index contributed by atoms with van der Waals surface area (Å²) in [6, 6.07) is 16.1. The van der Waals surface area contributed by atoms with Crippen LogP contribution in [0.5, 0.6) is 5.75 Å². The largest absolute Gasteiger partial charge is 0.492 e. The second kappa shape index (κ2) is 8.37. The van der Waals surface area contributed by atoms with Gasteiger partial charge in [-0.1, -0.05) is 50.2 Å². The number of carbonyl (C=O) groups excluding carboxylic acids is 1. The number of amides is 1. The van der Waals surface area contributed by atoms with E-state index >= 15 is 0 Å². The van der Waals surface area contributed by atoms with Crippen LogP contribution < -0.4 is 10.1 Å². The van der Waals surface area contributed by atoms with Crippen molar-refractivity contribution in [3.63, 3.8) is 0 Å². The molecule has 3 heteroatoms. The van der Waals surface area contributed by atoms with E-state index in [0.29, 0.717) is 25.5 Å². The summed E-state index contributed by atoms with van der Waals surface area (Å²) in [5.41, 5.74) is 3.46. The molecule has 2 aromatic carbocycles.